The van der Waals surface area contributed by atoms with Crippen molar-refractivity contribution in [2.75, 3.05) is 0 Å². The zero-order valence-corrected chi connectivity index (χ0v) is 20.4. The fraction of sp³-hybridized carbons (Fsp3) is 0.462. The summed E-state index contributed by atoms with van der Waals surface area (Å²) in [7, 11) is -14.4. The maximum Gasteiger partial charge on any atom is 0.439 e. The fourth-order valence-corrected chi connectivity index (χ4v) is 3.85. The normalized spacial score (nSPS) is 14.7. The first-order valence-corrected chi connectivity index (χ1v) is 12.6. The summed E-state index contributed by atoms with van der Waals surface area (Å²) in [5, 5.41) is -17.3. The minimum absolute atomic E-state index is 0.0707. The van der Waals surface area contributed by atoms with Crippen LogP contribution >= 0.6 is 24.1 Å². The maximum atomic E-state index is 13.7. The molecule has 26 heteroatoms. The Hall–Kier alpha value is -2.03. The smallest absolute Gasteiger partial charge is 0.439 e. The Morgan fingerprint density at radius 1 is 0.641 bits per heavy atom. The number of carboxylic acid groups (broad SMARTS) is 1. The molecule has 0 amide bonds. The molecule has 0 radical (unpaired) electrons. The molecule has 0 unspecified atom stereocenters. The van der Waals surface area contributed by atoms with E-state index >= 15 is 0 Å². The third-order valence-electron chi connectivity index (χ3n) is 3.72. The van der Waals surface area contributed by atoms with Crippen LogP contribution in [0.4, 0.5) is 52.7 Å². The molecule has 0 aliphatic carbocycles. The van der Waals surface area contributed by atoms with Crippen LogP contribution < -0.4 is 8.37 Å². The van der Waals surface area contributed by atoms with Gasteiger partial charge in [0, 0.05) is 6.07 Å². The lowest BCUT2D eigenvalue weighted by atomic mass is 10.2. The highest BCUT2D eigenvalue weighted by Gasteiger charge is 2.80. The second-order valence-electron chi connectivity index (χ2n) is 6.50. The summed E-state index contributed by atoms with van der Waals surface area (Å²) in [6, 6.07) is 0.0687. The highest BCUT2D eigenvalue weighted by molar-refractivity contribution is 7.96. The third kappa shape index (κ3) is 6.49. The van der Waals surface area contributed by atoms with Crippen LogP contribution in [-0.4, -0.2) is 69.9 Å². The van der Waals surface area contributed by atoms with E-state index in [9.17, 15) is 74.3 Å². The van der Waals surface area contributed by atoms with Gasteiger partial charge in [0.2, 0.25) is 0 Å². The number of rotatable bonds is 13. The zero-order chi connectivity index (χ0) is 31.3. The van der Waals surface area contributed by atoms with E-state index in [1.165, 1.54) is 0 Å². The van der Waals surface area contributed by atoms with Crippen molar-refractivity contribution in [1.29, 1.82) is 0 Å². The predicted octanol–water partition coefficient (Wildman–Crippen LogP) is 4.86. The summed E-state index contributed by atoms with van der Waals surface area (Å²) in [5.74, 6) is -19.1. The number of benzene rings is 1. The van der Waals surface area contributed by atoms with Gasteiger partial charge >= 0.3 is 59.1 Å². The van der Waals surface area contributed by atoms with E-state index in [1.807, 2.05) is 0 Å². The highest BCUT2D eigenvalue weighted by atomic mass is 32.2. The molecule has 10 nitrogen and oxygen atoms in total. The predicted molar refractivity (Wildman–Crippen MR) is 103 cm³/mol. The van der Waals surface area contributed by atoms with Crippen molar-refractivity contribution in [2.45, 2.75) is 32.9 Å². The average Bonchev–Trinajstić information content (AvgIpc) is 2.74. The minimum Gasteiger partial charge on any atom is -0.478 e. The van der Waals surface area contributed by atoms with Gasteiger partial charge in [-0.1, -0.05) is 0 Å². The molecule has 0 saturated carbocycles. The highest BCUT2D eigenvalue weighted by Crippen LogP contribution is 2.55. The van der Waals surface area contributed by atoms with Gasteiger partial charge in [0.15, 0.2) is 0 Å². The van der Waals surface area contributed by atoms with Crippen molar-refractivity contribution in [1.82, 2.24) is 0 Å². The Kier molecular flexibility index (Phi) is 9.35. The molecule has 226 valence electrons. The van der Waals surface area contributed by atoms with Crippen molar-refractivity contribution in [3.63, 3.8) is 0 Å². The molecule has 0 heterocycles. The lowest BCUT2D eigenvalue weighted by Gasteiger charge is -2.29. The summed E-state index contributed by atoms with van der Waals surface area (Å²) >= 11 is -4.02. The van der Waals surface area contributed by atoms with Crippen molar-refractivity contribution in [3.8, 4) is 11.5 Å². The summed E-state index contributed by atoms with van der Waals surface area (Å²) < 4.78 is 227. The molecule has 0 saturated heterocycles. The van der Waals surface area contributed by atoms with Crippen LogP contribution in [0.2, 0.25) is 0 Å². The van der Waals surface area contributed by atoms with Crippen molar-refractivity contribution < 1.29 is 96.9 Å². The molecular formula is C13H6F12O10S4. The summed E-state index contributed by atoms with van der Waals surface area (Å²) in [4.78, 5) is 11.1. The van der Waals surface area contributed by atoms with Crippen LogP contribution in [-0.2, 0) is 20.2 Å². The van der Waals surface area contributed by atoms with E-state index in [-0.39, 0.29) is 18.2 Å². The summed E-state index contributed by atoms with van der Waals surface area (Å²) in [6.45, 7) is 0. The number of carboxylic acids is 1. The van der Waals surface area contributed by atoms with Crippen molar-refractivity contribution in [3.05, 3.63) is 23.8 Å². The fourth-order valence-electron chi connectivity index (χ4n) is 1.76. The Morgan fingerprint density at radius 2 is 0.923 bits per heavy atom. The van der Waals surface area contributed by atoms with E-state index in [4.69, 9.17) is 14.2 Å². The van der Waals surface area contributed by atoms with Crippen LogP contribution in [0.15, 0.2) is 18.2 Å². The van der Waals surface area contributed by atoms with Gasteiger partial charge < -0.3 is 13.5 Å². The quantitative estimate of drug-likeness (QED) is 0.148. The molecule has 0 fully saturated rings. The number of alkyl halides is 12. The zero-order valence-electron chi connectivity index (χ0n) is 17.1. The Morgan fingerprint density at radius 3 is 1.15 bits per heavy atom. The molecule has 0 atom stereocenters. The standard InChI is InChI=1S/C13H6F12O10S4/c14-8(15,12(22,23)38(28,29)30)10(18,19)36-34-5-1-4(7(26)27)2-6(3-5)35-37-11(20,21)9(16,17)13(24,25)39(31,32)33/h1-3H,(H,26,27)(H,28,29,30)(H,31,32,33). The molecule has 0 aromatic heterocycles. The van der Waals surface area contributed by atoms with E-state index < -0.39 is 100 Å². The third-order valence-corrected chi connectivity index (χ3v) is 7.01. The average molecular weight is 678 g/mol. The molecule has 1 aromatic carbocycles. The second-order valence-corrected chi connectivity index (χ2v) is 11.1. The molecule has 39 heavy (non-hydrogen) atoms. The molecule has 3 N–H and O–H groups in total. The molecule has 0 aliphatic heterocycles. The number of hydrogen-bond acceptors (Lipinski definition) is 9. The monoisotopic (exact) mass is 678 g/mol. The van der Waals surface area contributed by atoms with Gasteiger partial charge in [-0.2, -0.15) is 69.5 Å². The lowest BCUT2D eigenvalue weighted by molar-refractivity contribution is -0.243. The van der Waals surface area contributed by atoms with Gasteiger partial charge in [0.25, 0.3) is 0 Å². The largest absolute Gasteiger partial charge is 0.478 e. The number of halogens is 12. The summed E-state index contributed by atoms with van der Waals surface area (Å²) in [5.41, 5.74) is -1.29. The lowest BCUT2D eigenvalue weighted by Crippen LogP contribution is -2.56. The van der Waals surface area contributed by atoms with Crippen LogP contribution in [0.5, 0.6) is 11.5 Å². The SMILES string of the molecule is O=C(O)c1cc(OSC(F)(F)C(F)(F)C(F)(F)S(=O)(=O)O)cc(OSC(F)(F)C(F)(F)C(F)(F)S(=O)(=O)O)c1. The maximum absolute atomic E-state index is 13.7. The molecular weight excluding hydrogens is 672 g/mol. The van der Waals surface area contributed by atoms with Crippen molar-refractivity contribution >= 4 is 50.3 Å². The van der Waals surface area contributed by atoms with E-state index in [1.54, 1.807) is 0 Å². The first kappa shape index (κ1) is 35.0. The minimum atomic E-state index is -7.18. The second kappa shape index (κ2) is 10.4. The molecule has 0 spiro atoms. The first-order chi connectivity index (χ1) is 17.0. The van der Waals surface area contributed by atoms with E-state index in [0.29, 0.717) is 0 Å². The van der Waals surface area contributed by atoms with Gasteiger partial charge in [-0.15, -0.1) is 0 Å². The van der Waals surface area contributed by atoms with Gasteiger partial charge in [0.1, 0.15) is 35.6 Å². The molecule has 0 aliphatic rings. The first-order valence-electron chi connectivity index (χ1n) is 8.27. The van der Waals surface area contributed by atoms with Gasteiger partial charge in [-0.3, -0.25) is 9.11 Å². The van der Waals surface area contributed by atoms with Gasteiger partial charge in [-0.25, -0.2) is 4.79 Å². The van der Waals surface area contributed by atoms with Crippen LogP contribution in [0.25, 0.3) is 0 Å². The molecule has 1 rings (SSSR count). The van der Waals surface area contributed by atoms with E-state index in [2.05, 4.69) is 8.37 Å². The number of hydrogen-bond donors (Lipinski definition) is 3. The van der Waals surface area contributed by atoms with E-state index in [0.717, 1.165) is 0 Å². The number of carbonyl (C=O) groups is 1. The van der Waals surface area contributed by atoms with Crippen LogP contribution in [0.3, 0.4) is 0 Å². The number of aromatic carboxylic acids is 1. The van der Waals surface area contributed by atoms with Crippen LogP contribution in [0, 0.1) is 0 Å². The summed E-state index contributed by atoms with van der Waals surface area (Å²) in [6.07, 6.45) is 0. The van der Waals surface area contributed by atoms with Gasteiger partial charge in [0.05, 0.1) is 5.56 Å². The van der Waals surface area contributed by atoms with Crippen LogP contribution in [0.1, 0.15) is 10.4 Å². The van der Waals surface area contributed by atoms with Crippen molar-refractivity contribution in [2.24, 2.45) is 0 Å². The topological polar surface area (TPSA) is 164 Å². The molecule has 1 aromatic rings. The Labute approximate surface area is 215 Å². The van der Waals surface area contributed by atoms with Gasteiger partial charge in [-0.05, 0) is 12.1 Å². The molecule has 0 bridgehead atoms. The Balaban J connectivity index is 3.33. The Bertz CT molecular complexity index is 1230.